The molecule has 2 aromatic rings. The van der Waals surface area contributed by atoms with Gasteiger partial charge < -0.3 is 14.5 Å². The Labute approximate surface area is 129 Å². The first-order valence-corrected chi connectivity index (χ1v) is 7.12. The standard InChI is InChI=1S/C16H19ClFNO2/c1-16(2,3)19-9-11-7-8-20-14(11)10-21-13-6-4-5-12(17)15(13)18/h4-8,19H,9-10H2,1-3H3. The zero-order valence-electron chi connectivity index (χ0n) is 12.4. The highest BCUT2D eigenvalue weighted by atomic mass is 35.5. The smallest absolute Gasteiger partial charge is 0.183 e. The fourth-order valence-electron chi connectivity index (χ4n) is 1.75. The molecule has 0 aliphatic carbocycles. The van der Waals surface area contributed by atoms with Crippen molar-refractivity contribution < 1.29 is 13.5 Å². The lowest BCUT2D eigenvalue weighted by Crippen LogP contribution is -2.35. The van der Waals surface area contributed by atoms with Crippen LogP contribution in [0.15, 0.2) is 34.9 Å². The Morgan fingerprint density at radius 1 is 1.29 bits per heavy atom. The summed E-state index contributed by atoms with van der Waals surface area (Å²) in [6.45, 7) is 7.09. The van der Waals surface area contributed by atoms with E-state index in [9.17, 15) is 4.39 Å². The van der Waals surface area contributed by atoms with Crippen molar-refractivity contribution in [2.45, 2.75) is 39.5 Å². The fourth-order valence-corrected chi connectivity index (χ4v) is 1.92. The molecule has 0 atom stereocenters. The molecule has 0 saturated heterocycles. The minimum absolute atomic E-state index is 0.00839. The third-order valence-electron chi connectivity index (χ3n) is 2.92. The molecule has 0 saturated carbocycles. The maximum atomic E-state index is 13.7. The summed E-state index contributed by atoms with van der Waals surface area (Å²) in [7, 11) is 0. The third kappa shape index (κ3) is 4.48. The average molecular weight is 312 g/mol. The molecule has 1 heterocycles. The van der Waals surface area contributed by atoms with E-state index in [-0.39, 0.29) is 22.9 Å². The van der Waals surface area contributed by atoms with Crippen molar-refractivity contribution in [3.05, 3.63) is 52.7 Å². The van der Waals surface area contributed by atoms with E-state index in [1.807, 2.05) is 6.07 Å². The van der Waals surface area contributed by atoms with Crippen molar-refractivity contribution in [1.29, 1.82) is 0 Å². The number of hydrogen-bond acceptors (Lipinski definition) is 3. The molecule has 3 nitrogen and oxygen atoms in total. The summed E-state index contributed by atoms with van der Waals surface area (Å²) >= 11 is 5.72. The van der Waals surface area contributed by atoms with Crippen molar-refractivity contribution in [3.63, 3.8) is 0 Å². The van der Waals surface area contributed by atoms with E-state index >= 15 is 0 Å². The van der Waals surface area contributed by atoms with E-state index < -0.39 is 5.82 Å². The van der Waals surface area contributed by atoms with Crippen LogP contribution in [0.2, 0.25) is 5.02 Å². The van der Waals surface area contributed by atoms with Gasteiger partial charge >= 0.3 is 0 Å². The van der Waals surface area contributed by atoms with Crippen LogP contribution < -0.4 is 10.1 Å². The van der Waals surface area contributed by atoms with E-state index in [1.165, 1.54) is 12.1 Å². The van der Waals surface area contributed by atoms with Crippen molar-refractivity contribution >= 4 is 11.6 Å². The first-order valence-electron chi connectivity index (χ1n) is 6.74. The van der Waals surface area contributed by atoms with Crippen molar-refractivity contribution in [1.82, 2.24) is 5.32 Å². The average Bonchev–Trinajstić information content (AvgIpc) is 2.85. The van der Waals surface area contributed by atoms with E-state index in [0.717, 1.165) is 5.56 Å². The van der Waals surface area contributed by atoms with Crippen LogP contribution >= 0.6 is 11.6 Å². The SMILES string of the molecule is CC(C)(C)NCc1ccoc1COc1cccc(Cl)c1F. The number of halogens is 2. The number of rotatable bonds is 5. The molecule has 0 aliphatic heterocycles. The predicted molar refractivity (Wildman–Crippen MR) is 81.0 cm³/mol. The second-order valence-electron chi connectivity index (χ2n) is 5.81. The van der Waals surface area contributed by atoms with Gasteiger partial charge in [0.25, 0.3) is 0 Å². The normalized spacial score (nSPS) is 11.7. The molecule has 0 spiro atoms. The summed E-state index contributed by atoms with van der Waals surface area (Å²) in [5, 5.41) is 3.42. The highest BCUT2D eigenvalue weighted by Crippen LogP contribution is 2.25. The van der Waals surface area contributed by atoms with Gasteiger partial charge in [-0.25, -0.2) is 4.39 Å². The van der Waals surface area contributed by atoms with Gasteiger partial charge in [0.05, 0.1) is 11.3 Å². The van der Waals surface area contributed by atoms with Crippen LogP contribution in [0.3, 0.4) is 0 Å². The molecule has 0 amide bonds. The molecular formula is C16H19ClFNO2. The highest BCUT2D eigenvalue weighted by Gasteiger charge is 2.14. The Balaban J connectivity index is 2.01. The third-order valence-corrected chi connectivity index (χ3v) is 3.21. The largest absolute Gasteiger partial charge is 0.483 e. The van der Waals surface area contributed by atoms with Gasteiger partial charge in [-0.15, -0.1) is 0 Å². The summed E-state index contributed by atoms with van der Waals surface area (Å²) in [4.78, 5) is 0. The first-order chi connectivity index (χ1) is 9.87. The topological polar surface area (TPSA) is 34.4 Å². The summed E-state index contributed by atoms with van der Waals surface area (Å²) in [5.74, 6) is 0.236. The molecule has 0 radical (unpaired) electrons. The lowest BCUT2D eigenvalue weighted by atomic mass is 10.1. The summed E-state index contributed by atoms with van der Waals surface area (Å²) < 4.78 is 24.6. The van der Waals surface area contributed by atoms with Crippen LogP contribution in [-0.4, -0.2) is 5.54 Å². The lowest BCUT2D eigenvalue weighted by Gasteiger charge is -2.20. The van der Waals surface area contributed by atoms with Gasteiger partial charge in [0.1, 0.15) is 12.4 Å². The van der Waals surface area contributed by atoms with Gasteiger partial charge in [-0.1, -0.05) is 17.7 Å². The first kappa shape index (κ1) is 15.9. The van der Waals surface area contributed by atoms with E-state index in [2.05, 4.69) is 26.1 Å². The molecule has 0 aliphatic rings. The Kier molecular flexibility index (Phi) is 4.91. The van der Waals surface area contributed by atoms with Gasteiger partial charge in [-0.05, 0) is 39.0 Å². The minimum atomic E-state index is -0.555. The molecular weight excluding hydrogens is 293 g/mol. The number of nitrogens with one attached hydrogen (secondary N) is 1. The number of furan rings is 1. The Bertz CT molecular complexity index is 605. The fraction of sp³-hybridized carbons (Fsp3) is 0.375. The molecule has 21 heavy (non-hydrogen) atoms. The molecule has 5 heteroatoms. The van der Waals surface area contributed by atoms with Crippen LogP contribution in [-0.2, 0) is 13.2 Å². The zero-order valence-corrected chi connectivity index (χ0v) is 13.1. The summed E-state index contributed by atoms with van der Waals surface area (Å²) in [5.41, 5.74) is 1.00. The van der Waals surface area contributed by atoms with Gasteiger partial charge in [0.15, 0.2) is 11.6 Å². The predicted octanol–water partition coefficient (Wildman–Crippen LogP) is 4.54. The molecule has 0 unspecified atom stereocenters. The summed E-state index contributed by atoms with van der Waals surface area (Å²) in [6, 6.07) is 6.54. The van der Waals surface area contributed by atoms with E-state index in [1.54, 1.807) is 12.3 Å². The quantitative estimate of drug-likeness (QED) is 0.880. The van der Waals surface area contributed by atoms with Crippen LogP contribution in [0.1, 0.15) is 32.1 Å². The number of ether oxygens (including phenoxy) is 1. The maximum Gasteiger partial charge on any atom is 0.183 e. The van der Waals surface area contributed by atoms with Gasteiger partial charge in [0, 0.05) is 17.6 Å². The Morgan fingerprint density at radius 2 is 2.05 bits per heavy atom. The number of benzene rings is 1. The van der Waals surface area contributed by atoms with E-state index in [0.29, 0.717) is 12.3 Å². The van der Waals surface area contributed by atoms with Crippen molar-refractivity contribution in [2.24, 2.45) is 0 Å². The van der Waals surface area contributed by atoms with E-state index in [4.69, 9.17) is 20.8 Å². The van der Waals surface area contributed by atoms with Crippen molar-refractivity contribution in [3.8, 4) is 5.75 Å². The highest BCUT2D eigenvalue weighted by molar-refractivity contribution is 6.30. The van der Waals surface area contributed by atoms with Gasteiger partial charge in [-0.2, -0.15) is 0 Å². The van der Waals surface area contributed by atoms with Gasteiger partial charge in [0.2, 0.25) is 0 Å². The second kappa shape index (κ2) is 6.50. The zero-order chi connectivity index (χ0) is 15.5. The van der Waals surface area contributed by atoms with Crippen molar-refractivity contribution in [2.75, 3.05) is 0 Å². The molecule has 1 N–H and O–H groups in total. The molecule has 0 bridgehead atoms. The molecule has 1 aromatic heterocycles. The maximum absolute atomic E-state index is 13.7. The Morgan fingerprint density at radius 3 is 2.76 bits per heavy atom. The van der Waals surface area contributed by atoms with Crippen LogP contribution in [0.4, 0.5) is 4.39 Å². The Hall–Kier alpha value is -1.52. The number of hydrogen-bond donors (Lipinski definition) is 1. The monoisotopic (exact) mass is 311 g/mol. The van der Waals surface area contributed by atoms with Crippen LogP contribution in [0.5, 0.6) is 5.75 Å². The van der Waals surface area contributed by atoms with Crippen LogP contribution in [0, 0.1) is 5.82 Å². The van der Waals surface area contributed by atoms with Gasteiger partial charge in [-0.3, -0.25) is 0 Å². The molecule has 2 rings (SSSR count). The second-order valence-corrected chi connectivity index (χ2v) is 6.22. The molecule has 114 valence electrons. The molecule has 0 fully saturated rings. The lowest BCUT2D eigenvalue weighted by molar-refractivity contribution is 0.256. The summed E-state index contributed by atoms with van der Waals surface area (Å²) in [6.07, 6.45) is 1.60. The van der Waals surface area contributed by atoms with Crippen LogP contribution in [0.25, 0.3) is 0 Å². The molecule has 1 aromatic carbocycles. The minimum Gasteiger partial charge on any atom is -0.483 e.